The van der Waals surface area contributed by atoms with Crippen molar-refractivity contribution in [2.45, 2.75) is 26.9 Å². The maximum absolute atomic E-state index is 12.4. The van der Waals surface area contributed by atoms with E-state index in [1.54, 1.807) is 18.1 Å². The molecule has 1 fully saturated rings. The number of rotatable bonds is 6. The van der Waals surface area contributed by atoms with Crippen molar-refractivity contribution in [1.82, 2.24) is 10.1 Å². The van der Waals surface area contributed by atoms with Crippen LogP contribution in [0.4, 0.5) is 5.88 Å². The molecule has 3 aromatic rings. The van der Waals surface area contributed by atoms with Crippen LogP contribution < -0.4 is 4.90 Å². The maximum atomic E-state index is 12.4. The molecule has 1 saturated heterocycles. The van der Waals surface area contributed by atoms with Crippen molar-refractivity contribution in [3.05, 3.63) is 59.5 Å². The summed E-state index contributed by atoms with van der Waals surface area (Å²) in [7, 11) is 0. The van der Waals surface area contributed by atoms with Crippen LogP contribution in [0.3, 0.4) is 0 Å². The molecule has 7 nitrogen and oxygen atoms in total. The molecule has 1 aromatic carbocycles. The van der Waals surface area contributed by atoms with E-state index in [4.69, 9.17) is 13.7 Å². The molecule has 1 amide bonds. The Hall–Kier alpha value is -3.06. The van der Waals surface area contributed by atoms with Crippen molar-refractivity contribution in [1.29, 1.82) is 0 Å². The van der Waals surface area contributed by atoms with Gasteiger partial charge in [-0.1, -0.05) is 28.9 Å². The number of hydrogen-bond acceptors (Lipinski definition) is 6. The van der Waals surface area contributed by atoms with Gasteiger partial charge in [-0.3, -0.25) is 4.79 Å². The summed E-state index contributed by atoms with van der Waals surface area (Å²) in [4.78, 5) is 16.3. The van der Waals surface area contributed by atoms with Gasteiger partial charge in [-0.05, 0) is 25.1 Å². The zero-order chi connectivity index (χ0) is 20.2. The molecule has 4 rings (SSSR count). The molecule has 29 heavy (non-hydrogen) atoms. The highest BCUT2D eigenvalue weighted by molar-refractivity contribution is 5.75. The summed E-state index contributed by atoms with van der Waals surface area (Å²) in [5.41, 5.74) is 3.79. The first kappa shape index (κ1) is 19.3. The first-order valence-corrected chi connectivity index (χ1v) is 9.78. The summed E-state index contributed by atoms with van der Waals surface area (Å²) < 4.78 is 16.7. The van der Waals surface area contributed by atoms with Gasteiger partial charge in [0.25, 0.3) is 0 Å². The highest BCUT2D eigenvalue weighted by Gasteiger charge is 2.26. The fraction of sp³-hybridized carbons (Fsp3) is 0.364. The Labute approximate surface area is 169 Å². The zero-order valence-electron chi connectivity index (χ0n) is 16.8. The molecule has 2 aromatic heterocycles. The van der Waals surface area contributed by atoms with Crippen LogP contribution in [0.25, 0.3) is 11.3 Å². The van der Waals surface area contributed by atoms with Crippen LogP contribution in [-0.2, 0) is 22.6 Å². The third-order valence-electron chi connectivity index (χ3n) is 5.08. The first-order valence-electron chi connectivity index (χ1n) is 9.78. The third-order valence-corrected chi connectivity index (χ3v) is 5.08. The number of aryl methyl sites for hydroxylation is 1. The van der Waals surface area contributed by atoms with Crippen molar-refractivity contribution >= 4 is 11.8 Å². The summed E-state index contributed by atoms with van der Waals surface area (Å²) in [6, 6.07) is 11.8. The lowest BCUT2D eigenvalue weighted by Gasteiger charge is -2.28. The van der Waals surface area contributed by atoms with E-state index in [2.05, 4.69) is 16.1 Å². The highest BCUT2D eigenvalue weighted by Crippen LogP contribution is 2.33. The van der Waals surface area contributed by atoms with E-state index in [1.165, 1.54) is 0 Å². The van der Waals surface area contributed by atoms with Crippen LogP contribution in [0.5, 0.6) is 0 Å². The number of morpholine rings is 1. The Kier molecular flexibility index (Phi) is 5.67. The van der Waals surface area contributed by atoms with Gasteiger partial charge in [0, 0.05) is 25.6 Å². The number of aromatic nitrogens is 1. The number of carbonyl (C=O) groups is 1. The van der Waals surface area contributed by atoms with Gasteiger partial charge < -0.3 is 23.5 Å². The average molecular weight is 395 g/mol. The van der Waals surface area contributed by atoms with E-state index in [9.17, 15) is 4.79 Å². The van der Waals surface area contributed by atoms with Crippen LogP contribution in [0.2, 0.25) is 0 Å². The Morgan fingerprint density at radius 2 is 2.00 bits per heavy atom. The predicted molar refractivity (Wildman–Crippen MR) is 108 cm³/mol. The zero-order valence-corrected chi connectivity index (χ0v) is 16.8. The molecule has 152 valence electrons. The standard InChI is InChI=1S/C22H25N3O4/c1-16-5-3-6-18(13-16)21-20(22(29-23-21)24-8-11-27-12-9-24)15-25(17(2)26)14-19-7-4-10-28-19/h3-7,10,13H,8-9,11-12,14-15H2,1-2H3. The molecule has 7 heteroatoms. The second kappa shape index (κ2) is 8.53. The minimum atomic E-state index is -0.0364. The number of nitrogens with zero attached hydrogens (tertiary/aromatic N) is 3. The fourth-order valence-electron chi connectivity index (χ4n) is 3.54. The molecule has 0 spiro atoms. The van der Waals surface area contributed by atoms with Crippen LogP contribution in [0.1, 0.15) is 23.8 Å². The SMILES string of the molecule is CC(=O)N(Cc1ccco1)Cc1c(-c2cccc(C)c2)noc1N1CCOCC1. The van der Waals surface area contributed by atoms with E-state index >= 15 is 0 Å². The Morgan fingerprint density at radius 1 is 1.17 bits per heavy atom. The van der Waals surface area contributed by atoms with Crippen LogP contribution in [0.15, 0.2) is 51.6 Å². The lowest BCUT2D eigenvalue weighted by molar-refractivity contribution is -0.130. The predicted octanol–water partition coefficient (Wildman–Crippen LogP) is 3.63. The maximum Gasteiger partial charge on any atom is 0.233 e. The fourth-order valence-corrected chi connectivity index (χ4v) is 3.54. The van der Waals surface area contributed by atoms with Gasteiger partial charge in [-0.15, -0.1) is 0 Å². The van der Waals surface area contributed by atoms with E-state index in [-0.39, 0.29) is 5.91 Å². The van der Waals surface area contributed by atoms with Gasteiger partial charge >= 0.3 is 0 Å². The topological polar surface area (TPSA) is 72.0 Å². The lowest BCUT2D eigenvalue weighted by atomic mass is 10.0. The molecule has 0 unspecified atom stereocenters. The molecule has 0 radical (unpaired) electrons. The largest absolute Gasteiger partial charge is 0.467 e. The number of furan rings is 1. The summed E-state index contributed by atoms with van der Waals surface area (Å²) in [6.45, 7) is 7.13. The molecule has 0 saturated carbocycles. The molecule has 0 N–H and O–H groups in total. The van der Waals surface area contributed by atoms with Crippen molar-refractivity contribution in [2.24, 2.45) is 0 Å². The lowest BCUT2D eigenvalue weighted by Crippen LogP contribution is -2.37. The molecule has 1 aliphatic rings. The monoisotopic (exact) mass is 395 g/mol. The molecule has 0 bridgehead atoms. The van der Waals surface area contributed by atoms with Gasteiger partial charge in [0.15, 0.2) is 0 Å². The van der Waals surface area contributed by atoms with Gasteiger partial charge in [-0.2, -0.15) is 0 Å². The van der Waals surface area contributed by atoms with Gasteiger partial charge in [0.2, 0.25) is 11.8 Å². The second-order valence-corrected chi connectivity index (χ2v) is 7.24. The van der Waals surface area contributed by atoms with Crippen molar-refractivity contribution in [3.63, 3.8) is 0 Å². The third kappa shape index (κ3) is 4.35. The number of hydrogen-bond donors (Lipinski definition) is 0. The normalized spacial score (nSPS) is 14.2. The molecule has 3 heterocycles. The van der Waals surface area contributed by atoms with Crippen LogP contribution in [-0.4, -0.2) is 42.3 Å². The summed E-state index contributed by atoms with van der Waals surface area (Å²) >= 11 is 0. The number of ether oxygens (including phenoxy) is 1. The van der Waals surface area contributed by atoms with Crippen LogP contribution in [0, 0.1) is 6.92 Å². The van der Waals surface area contributed by atoms with Gasteiger partial charge in [0.1, 0.15) is 11.5 Å². The highest BCUT2D eigenvalue weighted by atomic mass is 16.5. The molecule has 1 aliphatic heterocycles. The summed E-state index contributed by atoms with van der Waals surface area (Å²) in [5, 5.41) is 4.39. The van der Waals surface area contributed by atoms with E-state index in [0.29, 0.717) is 32.2 Å². The molecule has 0 aliphatic carbocycles. The average Bonchev–Trinajstić information content (AvgIpc) is 3.38. The van der Waals surface area contributed by atoms with Gasteiger partial charge in [0.05, 0.1) is 38.1 Å². The van der Waals surface area contributed by atoms with Crippen molar-refractivity contribution < 1.29 is 18.5 Å². The Balaban J connectivity index is 1.71. The molecular formula is C22H25N3O4. The minimum Gasteiger partial charge on any atom is -0.467 e. The Morgan fingerprint density at radius 3 is 2.69 bits per heavy atom. The molecule has 0 atom stereocenters. The quantitative estimate of drug-likeness (QED) is 0.635. The van der Waals surface area contributed by atoms with Crippen LogP contribution >= 0.6 is 0 Å². The molecular weight excluding hydrogens is 370 g/mol. The second-order valence-electron chi connectivity index (χ2n) is 7.24. The number of anilines is 1. The van der Waals surface area contributed by atoms with Gasteiger partial charge in [-0.25, -0.2) is 0 Å². The number of amides is 1. The van der Waals surface area contributed by atoms with E-state index in [0.717, 1.165) is 41.2 Å². The Bertz CT molecular complexity index is 958. The minimum absolute atomic E-state index is 0.0364. The van der Waals surface area contributed by atoms with E-state index < -0.39 is 0 Å². The number of benzene rings is 1. The number of carbonyl (C=O) groups excluding carboxylic acids is 1. The van der Waals surface area contributed by atoms with Crippen molar-refractivity contribution in [2.75, 3.05) is 31.2 Å². The van der Waals surface area contributed by atoms with E-state index in [1.807, 2.05) is 37.3 Å². The van der Waals surface area contributed by atoms with Crippen molar-refractivity contribution in [3.8, 4) is 11.3 Å². The summed E-state index contributed by atoms with van der Waals surface area (Å²) in [6.07, 6.45) is 1.62. The first-order chi connectivity index (χ1) is 14.1. The summed E-state index contributed by atoms with van der Waals surface area (Å²) in [5.74, 6) is 1.41. The smallest absolute Gasteiger partial charge is 0.233 e.